The topological polar surface area (TPSA) is 15.3 Å². The molecular formula is C14H22Cl2N2. The van der Waals surface area contributed by atoms with Crippen molar-refractivity contribution in [2.75, 3.05) is 27.2 Å². The van der Waals surface area contributed by atoms with Gasteiger partial charge in [-0.15, -0.1) is 0 Å². The molecule has 1 N–H and O–H groups in total. The highest BCUT2D eigenvalue weighted by Crippen LogP contribution is 2.31. The van der Waals surface area contributed by atoms with Crippen LogP contribution in [0.1, 0.15) is 31.4 Å². The average molecular weight is 289 g/mol. The Morgan fingerprint density at radius 3 is 2.61 bits per heavy atom. The van der Waals surface area contributed by atoms with Gasteiger partial charge in [0.1, 0.15) is 0 Å². The summed E-state index contributed by atoms with van der Waals surface area (Å²) in [6, 6.07) is 6.05. The molecule has 0 spiro atoms. The van der Waals surface area contributed by atoms with E-state index >= 15 is 0 Å². The minimum absolute atomic E-state index is 0.246. The highest BCUT2D eigenvalue weighted by atomic mass is 35.5. The molecule has 0 amide bonds. The first kappa shape index (κ1) is 15.8. The fourth-order valence-electron chi connectivity index (χ4n) is 2.09. The molecule has 1 unspecified atom stereocenters. The van der Waals surface area contributed by atoms with E-state index in [1.807, 2.05) is 25.2 Å². The molecule has 0 aliphatic heterocycles. The van der Waals surface area contributed by atoms with Gasteiger partial charge >= 0.3 is 0 Å². The van der Waals surface area contributed by atoms with Gasteiger partial charge in [0, 0.05) is 6.04 Å². The lowest BCUT2D eigenvalue weighted by Crippen LogP contribution is -2.26. The molecule has 0 radical (unpaired) electrons. The fraction of sp³-hybridized carbons (Fsp3) is 0.571. The molecule has 0 aliphatic carbocycles. The number of halogens is 2. The molecule has 18 heavy (non-hydrogen) atoms. The van der Waals surface area contributed by atoms with E-state index in [1.54, 1.807) is 0 Å². The van der Waals surface area contributed by atoms with Gasteiger partial charge in [-0.05, 0) is 51.7 Å². The van der Waals surface area contributed by atoms with Crippen molar-refractivity contribution in [2.24, 2.45) is 0 Å². The van der Waals surface area contributed by atoms with Crippen molar-refractivity contribution in [2.45, 2.75) is 25.8 Å². The first-order valence-corrected chi connectivity index (χ1v) is 7.15. The van der Waals surface area contributed by atoms with Crippen molar-refractivity contribution in [1.82, 2.24) is 10.2 Å². The van der Waals surface area contributed by atoms with Gasteiger partial charge in [-0.3, -0.25) is 0 Å². The molecule has 1 aromatic carbocycles. The highest BCUT2D eigenvalue weighted by molar-refractivity contribution is 6.42. The van der Waals surface area contributed by atoms with Crippen LogP contribution >= 0.6 is 23.2 Å². The third-order valence-electron chi connectivity index (χ3n) is 3.11. The molecule has 2 nitrogen and oxygen atoms in total. The van der Waals surface area contributed by atoms with Crippen LogP contribution in [0.25, 0.3) is 0 Å². The van der Waals surface area contributed by atoms with E-state index in [-0.39, 0.29) is 6.04 Å². The molecule has 0 fully saturated rings. The summed E-state index contributed by atoms with van der Waals surface area (Å²) >= 11 is 12.3. The minimum atomic E-state index is 0.246. The Labute approximate surface area is 120 Å². The lowest BCUT2D eigenvalue weighted by Gasteiger charge is -2.22. The lowest BCUT2D eigenvalue weighted by atomic mass is 10.0. The second-order valence-corrected chi connectivity index (χ2v) is 5.36. The largest absolute Gasteiger partial charge is 0.313 e. The number of nitrogens with one attached hydrogen (secondary N) is 1. The summed E-state index contributed by atoms with van der Waals surface area (Å²) in [5.74, 6) is 0. The Hall–Kier alpha value is -0.280. The van der Waals surface area contributed by atoms with Gasteiger partial charge < -0.3 is 10.2 Å². The third kappa shape index (κ3) is 4.43. The zero-order valence-electron chi connectivity index (χ0n) is 11.3. The number of rotatable bonds is 7. The second-order valence-electron chi connectivity index (χ2n) is 4.58. The van der Waals surface area contributed by atoms with E-state index < -0.39 is 0 Å². The minimum Gasteiger partial charge on any atom is -0.313 e. The van der Waals surface area contributed by atoms with Gasteiger partial charge in [0.2, 0.25) is 0 Å². The summed E-state index contributed by atoms with van der Waals surface area (Å²) in [6.45, 7) is 4.36. The molecule has 0 heterocycles. The summed E-state index contributed by atoms with van der Waals surface area (Å²) in [5.41, 5.74) is 1.08. The Kier molecular flexibility index (Phi) is 7.02. The van der Waals surface area contributed by atoms with Crippen LogP contribution in [-0.4, -0.2) is 32.1 Å². The van der Waals surface area contributed by atoms with Crippen molar-refractivity contribution in [3.8, 4) is 0 Å². The van der Waals surface area contributed by atoms with Crippen LogP contribution in [0.4, 0.5) is 0 Å². The monoisotopic (exact) mass is 288 g/mol. The summed E-state index contributed by atoms with van der Waals surface area (Å²) < 4.78 is 0. The summed E-state index contributed by atoms with van der Waals surface area (Å²) in [6.07, 6.45) is 2.20. The van der Waals surface area contributed by atoms with Crippen LogP contribution in [0.5, 0.6) is 0 Å². The van der Waals surface area contributed by atoms with E-state index in [4.69, 9.17) is 23.2 Å². The van der Waals surface area contributed by atoms with Crippen LogP contribution in [-0.2, 0) is 0 Å². The van der Waals surface area contributed by atoms with Crippen LogP contribution in [0.2, 0.25) is 10.0 Å². The molecule has 1 rings (SSSR count). The van der Waals surface area contributed by atoms with E-state index in [0.29, 0.717) is 10.0 Å². The van der Waals surface area contributed by atoms with Gasteiger partial charge in [-0.2, -0.15) is 0 Å². The molecular weight excluding hydrogens is 267 g/mol. The van der Waals surface area contributed by atoms with E-state index in [0.717, 1.165) is 25.1 Å². The van der Waals surface area contributed by atoms with Gasteiger partial charge in [0.25, 0.3) is 0 Å². The molecule has 0 bridgehead atoms. The first-order chi connectivity index (χ1) is 8.60. The molecule has 0 saturated heterocycles. The smallest absolute Gasteiger partial charge is 0.0640 e. The third-order valence-corrected chi connectivity index (χ3v) is 3.94. The summed E-state index contributed by atoms with van der Waals surface area (Å²) in [7, 11) is 4.11. The van der Waals surface area contributed by atoms with Gasteiger partial charge in [-0.1, -0.05) is 42.3 Å². The second kappa shape index (κ2) is 8.00. The maximum absolute atomic E-state index is 6.26. The summed E-state index contributed by atoms with van der Waals surface area (Å²) in [5, 5.41) is 4.60. The van der Waals surface area contributed by atoms with Crippen LogP contribution in [0, 0.1) is 0 Å². The maximum atomic E-state index is 6.26. The Morgan fingerprint density at radius 2 is 2.00 bits per heavy atom. The Balaban J connectivity index is 2.68. The highest BCUT2D eigenvalue weighted by Gasteiger charge is 2.15. The number of benzene rings is 1. The van der Waals surface area contributed by atoms with Crippen LogP contribution in [0.3, 0.4) is 0 Å². The predicted octanol–water partition coefficient (Wildman–Crippen LogP) is 3.99. The summed E-state index contributed by atoms with van der Waals surface area (Å²) in [4.78, 5) is 2.34. The lowest BCUT2D eigenvalue weighted by molar-refractivity contribution is 0.311. The predicted molar refractivity (Wildman–Crippen MR) is 80.7 cm³/mol. The fourth-order valence-corrected chi connectivity index (χ4v) is 2.53. The average Bonchev–Trinajstić information content (AvgIpc) is 2.35. The van der Waals surface area contributed by atoms with Gasteiger partial charge in [0.15, 0.2) is 0 Å². The first-order valence-electron chi connectivity index (χ1n) is 6.39. The van der Waals surface area contributed by atoms with E-state index in [2.05, 4.69) is 24.2 Å². The van der Waals surface area contributed by atoms with Crippen molar-refractivity contribution < 1.29 is 0 Å². The van der Waals surface area contributed by atoms with Gasteiger partial charge in [0.05, 0.1) is 10.0 Å². The number of hydrogen-bond acceptors (Lipinski definition) is 2. The van der Waals surface area contributed by atoms with Crippen molar-refractivity contribution in [3.63, 3.8) is 0 Å². The molecule has 1 aromatic rings. The molecule has 102 valence electrons. The normalized spacial score (nSPS) is 13.0. The Bertz CT molecular complexity index is 369. The van der Waals surface area contributed by atoms with E-state index in [1.165, 1.54) is 6.42 Å². The zero-order valence-corrected chi connectivity index (χ0v) is 12.9. The van der Waals surface area contributed by atoms with Gasteiger partial charge in [-0.25, -0.2) is 0 Å². The molecule has 4 heteroatoms. The molecule has 1 atom stereocenters. The van der Waals surface area contributed by atoms with Crippen molar-refractivity contribution in [3.05, 3.63) is 33.8 Å². The molecule has 0 saturated carbocycles. The Morgan fingerprint density at radius 1 is 1.28 bits per heavy atom. The number of hydrogen-bond donors (Lipinski definition) is 1. The standard InChI is InChI=1S/C14H22Cl2N2/c1-4-9-18(3)10-8-13(17-2)11-6-5-7-12(15)14(11)16/h5-7,13,17H,4,8-10H2,1-3H3. The van der Waals surface area contributed by atoms with Crippen LogP contribution in [0.15, 0.2) is 18.2 Å². The maximum Gasteiger partial charge on any atom is 0.0640 e. The van der Waals surface area contributed by atoms with E-state index in [9.17, 15) is 0 Å². The number of nitrogens with zero attached hydrogens (tertiary/aromatic N) is 1. The SMILES string of the molecule is CCCN(C)CCC(NC)c1cccc(Cl)c1Cl. The van der Waals surface area contributed by atoms with Crippen molar-refractivity contribution in [1.29, 1.82) is 0 Å². The van der Waals surface area contributed by atoms with Crippen LogP contribution < -0.4 is 5.32 Å². The molecule has 0 aromatic heterocycles. The zero-order chi connectivity index (χ0) is 13.5. The molecule has 0 aliphatic rings. The quantitative estimate of drug-likeness (QED) is 0.816. The van der Waals surface area contributed by atoms with Crippen molar-refractivity contribution >= 4 is 23.2 Å².